The molecule has 0 saturated carbocycles. The maximum Gasteiger partial charge on any atom is 0.121 e. The van der Waals surface area contributed by atoms with Crippen molar-refractivity contribution in [1.82, 2.24) is 0 Å². The number of hydrogen-bond acceptors (Lipinski definition) is 4. The van der Waals surface area contributed by atoms with E-state index in [0.29, 0.717) is 12.1 Å². The van der Waals surface area contributed by atoms with Crippen molar-refractivity contribution in [3.63, 3.8) is 0 Å². The highest BCUT2D eigenvalue weighted by Gasteiger charge is 2.30. The van der Waals surface area contributed by atoms with Gasteiger partial charge in [0.2, 0.25) is 0 Å². The van der Waals surface area contributed by atoms with Gasteiger partial charge >= 0.3 is 0 Å². The van der Waals surface area contributed by atoms with Gasteiger partial charge in [-0.15, -0.1) is 11.3 Å². The normalized spacial score (nSPS) is 30.4. The Balaban J connectivity index is 2.00. The zero-order valence-corrected chi connectivity index (χ0v) is 18.2. The van der Waals surface area contributed by atoms with Gasteiger partial charge in [-0.3, -0.25) is 9.98 Å². The van der Waals surface area contributed by atoms with E-state index in [1.807, 2.05) is 26.0 Å². The summed E-state index contributed by atoms with van der Waals surface area (Å²) in [6.45, 7) is 7.73. The zero-order valence-electron chi connectivity index (χ0n) is 17.4. The van der Waals surface area contributed by atoms with E-state index in [9.17, 15) is 5.11 Å². The van der Waals surface area contributed by atoms with E-state index in [-0.39, 0.29) is 0 Å². The van der Waals surface area contributed by atoms with Gasteiger partial charge in [-0.25, -0.2) is 0 Å². The van der Waals surface area contributed by atoms with Crippen molar-refractivity contribution in [3.05, 3.63) is 98.5 Å². The molecule has 152 valence electrons. The third-order valence-electron chi connectivity index (χ3n) is 5.73. The van der Waals surface area contributed by atoms with Crippen LogP contribution in [0.4, 0.5) is 0 Å². The van der Waals surface area contributed by atoms with Crippen LogP contribution >= 0.6 is 11.3 Å². The van der Waals surface area contributed by atoms with Crippen LogP contribution in [-0.4, -0.2) is 23.6 Å². The third kappa shape index (κ3) is 3.81. The summed E-state index contributed by atoms with van der Waals surface area (Å²) in [5.74, 6) is 0. The van der Waals surface area contributed by atoms with Gasteiger partial charge in [0.15, 0.2) is 0 Å². The Kier molecular flexibility index (Phi) is 6.07. The van der Waals surface area contributed by atoms with Gasteiger partial charge in [0.1, 0.15) is 6.10 Å². The number of thiophene rings is 1. The Morgan fingerprint density at radius 1 is 1.20 bits per heavy atom. The molecule has 0 amide bonds. The lowest BCUT2D eigenvalue weighted by molar-refractivity contribution is 0.247. The Morgan fingerprint density at radius 2 is 2.07 bits per heavy atom. The van der Waals surface area contributed by atoms with E-state index in [4.69, 9.17) is 4.99 Å². The predicted octanol–water partition coefficient (Wildman–Crippen LogP) is 6.36. The molecule has 0 radical (unpaired) electrons. The Morgan fingerprint density at radius 3 is 2.70 bits per heavy atom. The fraction of sp³-hybridized carbons (Fsp3) is 0.231. The first kappa shape index (κ1) is 20.5. The van der Waals surface area contributed by atoms with E-state index in [0.717, 1.165) is 45.8 Å². The van der Waals surface area contributed by atoms with Crippen LogP contribution in [0, 0.1) is 0 Å². The summed E-state index contributed by atoms with van der Waals surface area (Å²) >= 11 is 1.70. The topological polar surface area (TPSA) is 45.0 Å². The van der Waals surface area contributed by atoms with Gasteiger partial charge in [0.05, 0.1) is 22.0 Å². The van der Waals surface area contributed by atoms with E-state index >= 15 is 0 Å². The molecule has 1 unspecified atom stereocenters. The first-order chi connectivity index (χ1) is 14.7. The molecule has 4 rings (SSSR count). The lowest BCUT2D eigenvalue weighted by Crippen LogP contribution is -2.15. The first-order valence-electron chi connectivity index (χ1n) is 10.2. The summed E-state index contributed by atoms with van der Waals surface area (Å²) in [7, 11) is 0. The minimum Gasteiger partial charge on any atom is -0.382 e. The van der Waals surface area contributed by atoms with Crippen LogP contribution in [0.5, 0.6) is 0 Å². The van der Waals surface area contributed by atoms with E-state index in [2.05, 4.69) is 59.6 Å². The molecule has 0 aromatic carbocycles. The van der Waals surface area contributed by atoms with E-state index in [1.54, 1.807) is 11.3 Å². The molecule has 4 heteroatoms. The Labute approximate surface area is 182 Å². The molecule has 1 aromatic heterocycles. The molecule has 30 heavy (non-hydrogen) atoms. The molecule has 2 heterocycles. The molecule has 0 saturated heterocycles. The quantitative estimate of drug-likeness (QED) is 0.562. The highest BCUT2D eigenvalue weighted by Crippen LogP contribution is 2.39. The SMILES string of the molecule is C=NC1=C2CC(=C3/C=CC=CC3)/C=C(c3cccs3)\N=C(C2)\C(=C\C)C(=C/C)\C1O. The zero-order chi connectivity index (χ0) is 21.1. The van der Waals surface area contributed by atoms with Crippen molar-refractivity contribution in [1.29, 1.82) is 0 Å². The average Bonchev–Trinajstić information content (AvgIpc) is 3.25. The number of aliphatic hydroxyl groups is 1. The molecule has 1 N–H and O–H groups in total. The fourth-order valence-corrected chi connectivity index (χ4v) is 4.96. The number of hydrogen-bond donors (Lipinski definition) is 1. The number of aliphatic imine (C=N–C) groups is 2. The van der Waals surface area contributed by atoms with Crippen molar-refractivity contribution < 1.29 is 5.11 Å². The molecule has 3 aliphatic rings. The first-order valence-corrected chi connectivity index (χ1v) is 11.1. The third-order valence-corrected chi connectivity index (χ3v) is 6.62. The van der Waals surface area contributed by atoms with Gasteiger partial charge in [-0.1, -0.05) is 42.5 Å². The highest BCUT2D eigenvalue weighted by atomic mass is 32.1. The Bertz CT molecular complexity index is 1100. The summed E-state index contributed by atoms with van der Waals surface area (Å²) in [6.07, 6.45) is 16.2. The van der Waals surface area contributed by atoms with Crippen molar-refractivity contribution in [2.24, 2.45) is 9.98 Å². The van der Waals surface area contributed by atoms with E-state index < -0.39 is 6.10 Å². The fourth-order valence-electron chi connectivity index (χ4n) is 4.27. The van der Waals surface area contributed by atoms with Crippen LogP contribution < -0.4 is 0 Å². The number of nitrogens with zero attached hydrogens (tertiary/aromatic N) is 2. The monoisotopic (exact) mass is 414 g/mol. The van der Waals surface area contributed by atoms with Crippen molar-refractivity contribution in [2.75, 3.05) is 0 Å². The van der Waals surface area contributed by atoms with Crippen LogP contribution in [0.15, 0.2) is 104 Å². The molecular formula is C26H26N2OS. The van der Waals surface area contributed by atoms with Crippen LogP contribution in [0.2, 0.25) is 0 Å². The van der Waals surface area contributed by atoms with E-state index in [1.165, 1.54) is 11.1 Å². The lowest BCUT2D eigenvalue weighted by atomic mass is 9.90. The highest BCUT2D eigenvalue weighted by molar-refractivity contribution is 7.11. The minimum atomic E-state index is -0.794. The summed E-state index contributed by atoms with van der Waals surface area (Å²) in [5, 5.41) is 13.3. The average molecular weight is 415 g/mol. The molecule has 0 spiro atoms. The van der Waals surface area contributed by atoms with Crippen molar-refractivity contribution in [2.45, 2.75) is 39.2 Å². The summed E-state index contributed by atoms with van der Waals surface area (Å²) < 4.78 is 0. The van der Waals surface area contributed by atoms with Gasteiger partial charge in [0, 0.05) is 6.42 Å². The summed E-state index contributed by atoms with van der Waals surface area (Å²) in [5.41, 5.74) is 8.02. The molecule has 1 aliphatic heterocycles. The van der Waals surface area contributed by atoms with Crippen LogP contribution in [-0.2, 0) is 0 Å². The molecule has 1 aromatic rings. The molecular weight excluding hydrogens is 388 g/mol. The van der Waals surface area contributed by atoms with Crippen LogP contribution in [0.1, 0.15) is 38.0 Å². The van der Waals surface area contributed by atoms with Gasteiger partial charge < -0.3 is 5.11 Å². The summed E-state index contributed by atoms with van der Waals surface area (Å²) in [6, 6.07) is 4.18. The second-order valence-electron chi connectivity index (χ2n) is 7.46. The predicted molar refractivity (Wildman–Crippen MR) is 129 cm³/mol. The van der Waals surface area contributed by atoms with Crippen LogP contribution in [0.3, 0.4) is 0 Å². The second-order valence-corrected chi connectivity index (χ2v) is 8.40. The maximum absolute atomic E-state index is 11.2. The molecule has 1 atom stereocenters. The largest absolute Gasteiger partial charge is 0.382 e. The smallest absolute Gasteiger partial charge is 0.121 e. The maximum atomic E-state index is 11.2. The van der Waals surface area contributed by atoms with Crippen LogP contribution in [0.25, 0.3) is 5.70 Å². The lowest BCUT2D eigenvalue weighted by Gasteiger charge is -2.18. The molecule has 2 bridgehead atoms. The van der Waals surface area contributed by atoms with Crippen molar-refractivity contribution >= 4 is 29.5 Å². The molecule has 0 fully saturated rings. The number of allylic oxidation sites excluding steroid dienone is 10. The van der Waals surface area contributed by atoms with Gasteiger partial charge in [0.25, 0.3) is 0 Å². The summed E-state index contributed by atoms with van der Waals surface area (Å²) in [4.78, 5) is 10.6. The van der Waals surface area contributed by atoms with Crippen molar-refractivity contribution in [3.8, 4) is 0 Å². The number of rotatable bonds is 2. The molecule has 2 aliphatic carbocycles. The molecule has 3 nitrogen and oxygen atoms in total. The number of aliphatic hydroxyl groups excluding tert-OH is 1. The minimum absolute atomic E-state index is 0.654. The Hall–Kier alpha value is -2.82. The second kappa shape index (κ2) is 8.90. The standard InChI is InChI=1S/C26H26N2OS/c1-4-20-21(5-2)26(29)25(27-3)19-14-18(17-10-7-6-8-11-17)15-23(28-22(20)16-19)24-12-9-13-30-24/h4-10,12-13,15,26,29H,3,11,14,16H2,1-2H3/b18-17+,20-4+,21-5+,23-15-,28-22+. The number of fused-ring (bicyclic) bond motifs is 2. The van der Waals surface area contributed by atoms with Gasteiger partial charge in [-0.2, -0.15) is 0 Å². The van der Waals surface area contributed by atoms with Gasteiger partial charge in [-0.05, 0) is 78.8 Å².